The number of rotatable bonds is 5. The number of nitrogens with zero attached hydrogens (tertiary/aromatic N) is 1. The first-order valence-corrected chi connectivity index (χ1v) is 6.92. The van der Waals surface area contributed by atoms with E-state index in [4.69, 9.17) is 5.11 Å². The normalized spacial score (nSPS) is 23.2. The lowest BCUT2D eigenvalue weighted by atomic mass is 9.99. The van der Waals surface area contributed by atoms with Crippen LogP contribution in [0.3, 0.4) is 0 Å². The number of carboxylic acids is 1. The van der Waals surface area contributed by atoms with Gasteiger partial charge in [0.1, 0.15) is 6.04 Å². The topological polar surface area (TPSA) is 98.7 Å². The zero-order chi connectivity index (χ0) is 15.3. The average Bonchev–Trinajstić information content (AvgIpc) is 2.78. The molecule has 7 nitrogen and oxygen atoms in total. The second-order valence-electron chi connectivity index (χ2n) is 5.29. The Morgan fingerprint density at radius 3 is 2.50 bits per heavy atom. The van der Waals surface area contributed by atoms with Crippen molar-refractivity contribution in [3.63, 3.8) is 0 Å². The molecule has 114 valence electrons. The van der Waals surface area contributed by atoms with Crippen molar-refractivity contribution >= 4 is 17.9 Å². The summed E-state index contributed by atoms with van der Waals surface area (Å²) in [5, 5.41) is 14.3. The molecule has 1 saturated heterocycles. The maximum Gasteiger partial charge on any atom is 0.318 e. The number of likely N-dealkylation sites (tertiary alicyclic amines) is 1. The smallest absolute Gasteiger partial charge is 0.318 e. The first-order valence-electron chi connectivity index (χ1n) is 6.92. The maximum absolute atomic E-state index is 12.0. The number of amides is 3. The molecule has 1 aliphatic heterocycles. The first kappa shape index (κ1) is 16.3. The summed E-state index contributed by atoms with van der Waals surface area (Å²) in [5.41, 5.74) is 0. The van der Waals surface area contributed by atoms with Gasteiger partial charge in [-0.3, -0.25) is 9.59 Å². The van der Waals surface area contributed by atoms with Gasteiger partial charge in [0.25, 0.3) is 0 Å². The van der Waals surface area contributed by atoms with E-state index >= 15 is 0 Å². The van der Waals surface area contributed by atoms with E-state index in [1.54, 1.807) is 6.92 Å². The number of hydrogen-bond acceptors (Lipinski definition) is 3. The Labute approximate surface area is 118 Å². The quantitative estimate of drug-likeness (QED) is 0.675. The van der Waals surface area contributed by atoms with Gasteiger partial charge in [-0.2, -0.15) is 0 Å². The van der Waals surface area contributed by atoms with Crippen molar-refractivity contribution in [2.24, 2.45) is 11.8 Å². The minimum absolute atomic E-state index is 0.0810. The monoisotopic (exact) mass is 285 g/mol. The van der Waals surface area contributed by atoms with E-state index < -0.39 is 17.9 Å². The van der Waals surface area contributed by atoms with Crippen molar-refractivity contribution < 1.29 is 19.5 Å². The summed E-state index contributed by atoms with van der Waals surface area (Å²) in [6.45, 7) is 6.51. The lowest BCUT2D eigenvalue weighted by molar-refractivity contribution is -0.142. The van der Waals surface area contributed by atoms with Crippen molar-refractivity contribution in [2.75, 3.05) is 19.6 Å². The fraction of sp³-hybridized carbons (Fsp3) is 0.769. The van der Waals surface area contributed by atoms with Crippen LogP contribution in [0.4, 0.5) is 4.79 Å². The van der Waals surface area contributed by atoms with Crippen molar-refractivity contribution in [3.8, 4) is 0 Å². The van der Waals surface area contributed by atoms with Crippen LogP contribution in [0.5, 0.6) is 0 Å². The molecule has 20 heavy (non-hydrogen) atoms. The standard InChI is InChI=1S/C13H23N3O4/c1-4-5-14-11(17)9(3)15-13(20)16-6-8(2)10(7-16)12(18)19/h8-10H,4-7H2,1-3H3,(H,14,17)(H,15,20)(H,18,19)/t8-,9?,10-/m1/s1. The molecule has 0 aromatic carbocycles. The van der Waals surface area contributed by atoms with E-state index in [1.165, 1.54) is 4.90 Å². The third-order valence-electron chi connectivity index (χ3n) is 3.50. The van der Waals surface area contributed by atoms with Gasteiger partial charge in [0.2, 0.25) is 5.91 Å². The van der Waals surface area contributed by atoms with Gasteiger partial charge in [0.15, 0.2) is 0 Å². The van der Waals surface area contributed by atoms with Crippen LogP contribution in [0, 0.1) is 11.8 Å². The summed E-state index contributed by atoms with van der Waals surface area (Å²) in [7, 11) is 0. The van der Waals surface area contributed by atoms with Gasteiger partial charge >= 0.3 is 12.0 Å². The van der Waals surface area contributed by atoms with Gasteiger partial charge in [-0.15, -0.1) is 0 Å². The van der Waals surface area contributed by atoms with Gasteiger partial charge in [0, 0.05) is 19.6 Å². The van der Waals surface area contributed by atoms with Gasteiger partial charge in [-0.05, 0) is 19.3 Å². The van der Waals surface area contributed by atoms with Crippen molar-refractivity contribution in [2.45, 2.75) is 33.2 Å². The molecule has 1 aliphatic rings. The molecular formula is C13H23N3O4. The SMILES string of the molecule is CCCNC(=O)C(C)NC(=O)N1C[C@@H](C)[C@H](C(=O)O)C1. The second kappa shape index (κ2) is 7.12. The molecule has 0 aromatic heterocycles. The van der Waals surface area contributed by atoms with Crippen LogP contribution in [-0.2, 0) is 9.59 Å². The minimum Gasteiger partial charge on any atom is -0.481 e. The molecule has 1 unspecified atom stereocenters. The number of urea groups is 1. The highest BCUT2D eigenvalue weighted by molar-refractivity contribution is 5.87. The number of carbonyl (C=O) groups excluding carboxylic acids is 2. The molecule has 0 spiro atoms. The van der Waals surface area contributed by atoms with Crippen LogP contribution in [0.15, 0.2) is 0 Å². The Kier molecular flexibility index (Phi) is 5.79. The van der Waals surface area contributed by atoms with Crippen LogP contribution < -0.4 is 10.6 Å². The largest absolute Gasteiger partial charge is 0.481 e. The van der Waals surface area contributed by atoms with E-state index in [9.17, 15) is 14.4 Å². The summed E-state index contributed by atoms with van der Waals surface area (Å²) in [6.07, 6.45) is 0.830. The number of hydrogen-bond donors (Lipinski definition) is 3. The maximum atomic E-state index is 12.0. The van der Waals surface area contributed by atoms with Crippen LogP contribution in [0.1, 0.15) is 27.2 Å². The number of carboxylic acid groups (broad SMARTS) is 1. The van der Waals surface area contributed by atoms with Gasteiger partial charge in [-0.25, -0.2) is 4.79 Å². The summed E-state index contributed by atoms with van der Waals surface area (Å²) < 4.78 is 0. The average molecular weight is 285 g/mol. The molecule has 3 atom stereocenters. The van der Waals surface area contributed by atoms with Crippen LogP contribution >= 0.6 is 0 Å². The van der Waals surface area contributed by atoms with E-state index in [2.05, 4.69) is 10.6 Å². The molecule has 0 saturated carbocycles. The highest BCUT2D eigenvalue weighted by Crippen LogP contribution is 2.22. The Morgan fingerprint density at radius 1 is 1.35 bits per heavy atom. The van der Waals surface area contributed by atoms with Crippen LogP contribution in [0.2, 0.25) is 0 Å². The molecule has 1 rings (SSSR count). The van der Waals surface area contributed by atoms with Crippen molar-refractivity contribution in [3.05, 3.63) is 0 Å². The Bertz CT molecular complexity index is 386. The highest BCUT2D eigenvalue weighted by Gasteiger charge is 2.37. The molecule has 0 aliphatic carbocycles. The summed E-state index contributed by atoms with van der Waals surface area (Å²) in [4.78, 5) is 36.1. The molecule has 0 aromatic rings. The Balaban J connectivity index is 2.47. The summed E-state index contributed by atoms with van der Waals surface area (Å²) >= 11 is 0. The van der Waals surface area contributed by atoms with Crippen molar-refractivity contribution in [1.82, 2.24) is 15.5 Å². The lowest BCUT2D eigenvalue weighted by Crippen LogP contribution is -2.49. The first-order chi connectivity index (χ1) is 9.36. The Morgan fingerprint density at radius 2 is 2.00 bits per heavy atom. The van der Waals surface area contributed by atoms with E-state index in [1.807, 2.05) is 13.8 Å². The molecule has 0 radical (unpaired) electrons. The zero-order valence-electron chi connectivity index (χ0n) is 12.2. The summed E-state index contributed by atoms with van der Waals surface area (Å²) in [6, 6.07) is -1.02. The van der Waals surface area contributed by atoms with Crippen molar-refractivity contribution in [1.29, 1.82) is 0 Å². The number of aliphatic carboxylic acids is 1. The molecule has 3 amide bonds. The molecule has 0 bridgehead atoms. The fourth-order valence-corrected chi connectivity index (χ4v) is 2.20. The highest BCUT2D eigenvalue weighted by atomic mass is 16.4. The van der Waals surface area contributed by atoms with Crippen LogP contribution in [-0.4, -0.2) is 53.6 Å². The molecule has 1 fully saturated rings. The third-order valence-corrected chi connectivity index (χ3v) is 3.50. The molecule has 1 heterocycles. The molecule has 3 N–H and O–H groups in total. The predicted molar refractivity (Wildman–Crippen MR) is 73.2 cm³/mol. The zero-order valence-corrected chi connectivity index (χ0v) is 12.2. The minimum atomic E-state index is -0.887. The third kappa shape index (κ3) is 4.11. The van der Waals surface area contributed by atoms with E-state index in [0.717, 1.165) is 6.42 Å². The van der Waals surface area contributed by atoms with Gasteiger partial charge < -0.3 is 20.6 Å². The lowest BCUT2D eigenvalue weighted by Gasteiger charge is -2.20. The van der Waals surface area contributed by atoms with Gasteiger partial charge in [-0.1, -0.05) is 13.8 Å². The van der Waals surface area contributed by atoms with E-state index in [0.29, 0.717) is 13.1 Å². The van der Waals surface area contributed by atoms with Crippen LogP contribution in [0.25, 0.3) is 0 Å². The Hall–Kier alpha value is -1.79. The predicted octanol–water partition coefficient (Wildman–Crippen LogP) is 0.263. The number of carbonyl (C=O) groups is 3. The van der Waals surface area contributed by atoms with E-state index in [-0.39, 0.29) is 24.4 Å². The number of nitrogens with one attached hydrogen (secondary N) is 2. The fourth-order valence-electron chi connectivity index (χ4n) is 2.20. The second-order valence-corrected chi connectivity index (χ2v) is 5.29. The van der Waals surface area contributed by atoms with Gasteiger partial charge in [0.05, 0.1) is 5.92 Å². The molecule has 7 heteroatoms. The summed E-state index contributed by atoms with van der Waals surface area (Å²) in [5.74, 6) is -1.74. The molecular weight excluding hydrogens is 262 g/mol.